The molecule has 0 aliphatic rings. The number of thiol groups is 1. The summed E-state index contributed by atoms with van der Waals surface area (Å²) in [4.78, 5) is 25.3. The van der Waals surface area contributed by atoms with Crippen LogP contribution in [0.4, 0.5) is 0 Å². The van der Waals surface area contributed by atoms with Gasteiger partial charge in [0, 0.05) is 11.3 Å². The van der Waals surface area contributed by atoms with Crippen LogP contribution in [0.25, 0.3) is 16.9 Å². The third kappa shape index (κ3) is 4.51. The number of nitrogens with one attached hydrogen (secondary N) is 1. The van der Waals surface area contributed by atoms with Crippen LogP contribution in [-0.4, -0.2) is 40.1 Å². The first kappa shape index (κ1) is 20.7. The van der Waals surface area contributed by atoms with Gasteiger partial charge in [0.25, 0.3) is 5.91 Å². The Balaban J connectivity index is 2.05. The Morgan fingerprint density at radius 2 is 1.72 bits per heavy atom. The van der Waals surface area contributed by atoms with Crippen molar-refractivity contribution in [3.63, 3.8) is 0 Å². The SMILES string of the molecule is CCOC(=O)[C@H](CS)NC(=O)c1c(-c2ccccc2)nn(-c2ccccc2)c1C. The zero-order valence-electron chi connectivity index (χ0n) is 16.3. The molecule has 29 heavy (non-hydrogen) atoms. The topological polar surface area (TPSA) is 73.2 Å². The third-order valence-electron chi connectivity index (χ3n) is 4.45. The smallest absolute Gasteiger partial charge is 0.329 e. The number of amides is 1. The summed E-state index contributed by atoms with van der Waals surface area (Å²) in [6.07, 6.45) is 0. The molecule has 0 bridgehead atoms. The van der Waals surface area contributed by atoms with E-state index >= 15 is 0 Å². The molecule has 0 fully saturated rings. The van der Waals surface area contributed by atoms with Crippen LogP contribution in [0.3, 0.4) is 0 Å². The Hall–Kier alpha value is -3.06. The number of hydrogen-bond donors (Lipinski definition) is 2. The number of rotatable bonds is 7. The molecule has 3 aromatic rings. The van der Waals surface area contributed by atoms with Crippen molar-refractivity contribution in [2.75, 3.05) is 12.4 Å². The Labute approximate surface area is 175 Å². The largest absolute Gasteiger partial charge is 0.464 e. The number of ether oxygens (including phenoxy) is 1. The maximum Gasteiger partial charge on any atom is 0.329 e. The monoisotopic (exact) mass is 409 g/mol. The van der Waals surface area contributed by atoms with Crippen LogP contribution >= 0.6 is 12.6 Å². The van der Waals surface area contributed by atoms with Gasteiger partial charge in [0.05, 0.1) is 23.6 Å². The molecule has 0 aliphatic carbocycles. The number of aromatic nitrogens is 2. The van der Waals surface area contributed by atoms with Gasteiger partial charge in [-0.15, -0.1) is 0 Å². The summed E-state index contributed by atoms with van der Waals surface area (Å²) in [6.45, 7) is 3.79. The summed E-state index contributed by atoms with van der Waals surface area (Å²) >= 11 is 4.18. The molecule has 1 amide bonds. The van der Waals surface area contributed by atoms with Gasteiger partial charge >= 0.3 is 5.97 Å². The standard InChI is InChI=1S/C22H23N3O3S/c1-3-28-22(27)18(14-29)23-21(26)19-15(2)25(17-12-8-5-9-13-17)24-20(19)16-10-6-4-7-11-16/h4-13,18,29H,3,14H2,1-2H3,(H,23,26)/t18-/m0/s1. The minimum atomic E-state index is -0.839. The second kappa shape index (κ2) is 9.43. The molecular weight excluding hydrogens is 386 g/mol. The fraction of sp³-hybridized carbons (Fsp3) is 0.227. The summed E-state index contributed by atoms with van der Waals surface area (Å²) in [5.74, 6) is -0.766. The number of carbonyl (C=O) groups is 2. The van der Waals surface area contributed by atoms with Gasteiger partial charge in [-0.05, 0) is 26.0 Å². The molecule has 3 rings (SSSR count). The lowest BCUT2D eigenvalue weighted by atomic mass is 10.1. The number of carbonyl (C=O) groups excluding carboxylic acids is 2. The highest BCUT2D eigenvalue weighted by Gasteiger charge is 2.27. The van der Waals surface area contributed by atoms with Gasteiger partial charge < -0.3 is 10.1 Å². The van der Waals surface area contributed by atoms with Crippen LogP contribution in [0.1, 0.15) is 23.0 Å². The van der Waals surface area contributed by atoms with E-state index in [1.807, 2.05) is 67.6 Å². The van der Waals surface area contributed by atoms with Crippen molar-refractivity contribution in [1.82, 2.24) is 15.1 Å². The van der Waals surface area contributed by atoms with Gasteiger partial charge in [-0.2, -0.15) is 17.7 Å². The van der Waals surface area contributed by atoms with Crippen molar-refractivity contribution < 1.29 is 14.3 Å². The van der Waals surface area contributed by atoms with E-state index in [-0.39, 0.29) is 12.4 Å². The van der Waals surface area contributed by atoms with Crippen LogP contribution in [0.15, 0.2) is 60.7 Å². The molecule has 0 saturated carbocycles. The van der Waals surface area contributed by atoms with Gasteiger partial charge in [-0.3, -0.25) is 4.79 Å². The molecule has 0 radical (unpaired) electrons. The lowest BCUT2D eigenvalue weighted by Gasteiger charge is -2.15. The predicted octanol–water partition coefficient (Wildman–Crippen LogP) is 3.44. The zero-order valence-corrected chi connectivity index (χ0v) is 17.2. The first-order valence-corrected chi connectivity index (χ1v) is 9.98. The highest BCUT2D eigenvalue weighted by atomic mass is 32.1. The van der Waals surface area contributed by atoms with Crippen molar-refractivity contribution in [3.8, 4) is 16.9 Å². The normalized spacial score (nSPS) is 11.7. The number of esters is 1. The molecule has 6 nitrogen and oxygen atoms in total. The number of para-hydroxylation sites is 1. The van der Waals surface area contributed by atoms with E-state index in [0.29, 0.717) is 17.0 Å². The molecule has 1 N–H and O–H groups in total. The zero-order chi connectivity index (χ0) is 20.8. The van der Waals surface area contributed by atoms with Gasteiger partial charge in [-0.1, -0.05) is 48.5 Å². The van der Waals surface area contributed by atoms with Crippen molar-refractivity contribution in [3.05, 3.63) is 71.9 Å². The van der Waals surface area contributed by atoms with Crippen LogP contribution in [0.5, 0.6) is 0 Å². The minimum Gasteiger partial charge on any atom is -0.464 e. The second-order valence-electron chi connectivity index (χ2n) is 6.38. The van der Waals surface area contributed by atoms with Crippen LogP contribution in [0, 0.1) is 6.92 Å². The minimum absolute atomic E-state index is 0.136. The van der Waals surface area contributed by atoms with E-state index in [1.165, 1.54) is 0 Å². The van der Waals surface area contributed by atoms with E-state index in [0.717, 1.165) is 11.3 Å². The van der Waals surface area contributed by atoms with E-state index in [1.54, 1.807) is 11.6 Å². The molecule has 1 aromatic heterocycles. The fourth-order valence-electron chi connectivity index (χ4n) is 3.05. The summed E-state index contributed by atoms with van der Waals surface area (Å²) in [5, 5.41) is 7.45. The van der Waals surface area contributed by atoms with Crippen molar-refractivity contribution in [2.24, 2.45) is 0 Å². The molecule has 7 heteroatoms. The van der Waals surface area contributed by atoms with E-state index in [9.17, 15) is 9.59 Å². The molecule has 0 saturated heterocycles. The van der Waals surface area contributed by atoms with Crippen LogP contribution < -0.4 is 5.32 Å². The lowest BCUT2D eigenvalue weighted by Crippen LogP contribution is -2.43. The molecule has 0 spiro atoms. The summed E-state index contributed by atoms with van der Waals surface area (Å²) in [6, 6.07) is 18.2. The Morgan fingerprint density at radius 3 is 2.31 bits per heavy atom. The van der Waals surface area contributed by atoms with Gasteiger partial charge in [-0.25, -0.2) is 9.48 Å². The second-order valence-corrected chi connectivity index (χ2v) is 6.75. The van der Waals surface area contributed by atoms with Crippen LogP contribution in [-0.2, 0) is 9.53 Å². The molecular formula is C22H23N3O3S. The highest BCUT2D eigenvalue weighted by molar-refractivity contribution is 7.80. The van der Waals surface area contributed by atoms with Gasteiger partial charge in [0.1, 0.15) is 11.7 Å². The summed E-state index contributed by atoms with van der Waals surface area (Å²) in [5.41, 5.74) is 3.29. The molecule has 0 aliphatic heterocycles. The van der Waals surface area contributed by atoms with Crippen molar-refractivity contribution in [1.29, 1.82) is 0 Å². The first-order valence-electron chi connectivity index (χ1n) is 9.35. The molecule has 1 heterocycles. The van der Waals surface area contributed by atoms with E-state index < -0.39 is 17.9 Å². The maximum atomic E-state index is 13.2. The average molecular weight is 410 g/mol. The Morgan fingerprint density at radius 1 is 1.10 bits per heavy atom. The third-order valence-corrected chi connectivity index (χ3v) is 4.82. The van der Waals surface area contributed by atoms with Crippen molar-refractivity contribution in [2.45, 2.75) is 19.9 Å². The Kier molecular flexibility index (Phi) is 6.72. The van der Waals surface area contributed by atoms with Crippen LogP contribution in [0.2, 0.25) is 0 Å². The fourth-order valence-corrected chi connectivity index (χ4v) is 3.29. The Bertz CT molecular complexity index is 987. The molecule has 2 aromatic carbocycles. The predicted molar refractivity (Wildman–Crippen MR) is 115 cm³/mol. The summed E-state index contributed by atoms with van der Waals surface area (Å²) in [7, 11) is 0. The number of nitrogens with zero attached hydrogens (tertiary/aromatic N) is 2. The highest BCUT2D eigenvalue weighted by Crippen LogP contribution is 2.27. The van der Waals surface area contributed by atoms with Gasteiger partial charge in [0.15, 0.2) is 0 Å². The molecule has 0 unspecified atom stereocenters. The van der Waals surface area contributed by atoms with E-state index in [4.69, 9.17) is 9.84 Å². The number of hydrogen-bond acceptors (Lipinski definition) is 5. The lowest BCUT2D eigenvalue weighted by molar-refractivity contribution is -0.144. The first-order chi connectivity index (χ1) is 14.1. The van der Waals surface area contributed by atoms with E-state index in [2.05, 4.69) is 17.9 Å². The van der Waals surface area contributed by atoms with Crippen molar-refractivity contribution >= 4 is 24.5 Å². The maximum absolute atomic E-state index is 13.2. The number of benzene rings is 2. The summed E-state index contributed by atoms with van der Waals surface area (Å²) < 4.78 is 6.76. The quantitative estimate of drug-likeness (QED) is 0.463. The van der Waals surface area contributed by atoms with Gasteiger partial charge in [0.2, 0.25) is 0 Å². The molecule has 1 atom stereocenters. The average Bonchev–Trinajstić information content (AvgIpc) is 3.10. The molecule has 150 valence electrons.